The fourth-order valence-electron chi connectivity index (χ4n) is 2.08. The van der Waals surface area contributed by atoms with E-state index in [1.165, 1.54) is 12.1 Å². The standard InChI is InChI=1S/C17H27F2NO/c1-5-13(6-2)11-21-17-15(18)7-14(8-16(17)19)10-20-9-12(3)4/h7-8,12-13,20H,5-6,9-11H2,1-4H3. The summed E-state index contributed by atoms with van der Waals surface area (Å²) in [5.74, 6) is -0.669. The molecule has 0 saturated heterocycles. The maximum absolute atomic E-state index is 14.0. The van der Waals surface area contributed by atoms with Crippen molar-refractivity contribution in [2.75, 3.05) is 13.2 Å². The summed E-state index contributed by atoms with van der Waals surface area (Å²) in [7, 11) is 0. The fourth-order valence-corrected chi connectivity index (χ4v) is 2.08. The number of benzene rings is 1. The third-order valence-electron chi connectivity index (χ3n) is 3.56. The van der Waals surface area contributed by atoms with Gasteiger partial charge in [-0.05, 0) is 36.1 Å². The van der Waals surface area contributed by atoms with Crippen LogP contribution in [0.25, 0.3) is 0 Å². The van der Waals surface area contributed by atoms with Crippen LogP contribution < -0.4 is 10.1 Å². The average Bonchev–Trinajstić information content (AvgIpc) is 2.41. The van der Waals surface area contributed by atoms with Crippen LogP contribution in [0.2, 0.25) is 0 Å². The van der Waals surface area contributed by atoms with Crippen molar-refractivity contribution in [1.82, 2.24) is 5.32 Å². The Balaban J connectivity index is 2.66. The van der Waals surface area contributed by atoms with Crippen molar-refractivity contribution in [3.05, 3.63) is 29.3 Å². The number of rotatable bonds is 9. The van der Waals surface area contributed by atoms with Gasteiger partial charge in [-0.25, -0.2) is 8.78 Å². The number of hydrogen-bond acceptors (Lipinski definition) is 2. The quantitative estimate of drug-likeness (QED) is 0.723. The topological polar surface area (TPSA) is 21.3 Å². The molecule has 120 valence electrons. The maximum atomic E-state index is 14.0. The summed E-state index contributed by atoms with van der Waals surface area (Å²) in [6, 6.07) is 2.69. The second kappa shape index (κ2) is 8.98. The molecule has 1 aromatic carbocycles. The van der Waals surface area contributed by atoms with Crippen molar-refractivity contribution in [3.8, 4) is 5.75 Å². The minimum atomic E-state index is -0.623. The number of nitrogens with one attached hydrogen (secondary N) is 1. The summed E-state index contributed by atoms with van der Waals surface area (Å²) in [6.45, 7) is 9.90. The first-order chi connectivity index (χ1) is 9.97. The Bertz CT molecular complexity index is 408. The van der Waals surface area contributed by atoms with Crippen molar-refractivity contribution in [2.45, 2.75) is 47.1 Å². The molecule has 0 radical (unpaired) electrons. The molecule has 0 fully saturated rings. The van der Waals surface area contributed by atoms with Gasteiger partial charge in [0, 0.05) is 6.54 Å². The van der Waals surface area contributed by atoms with Crippen LogP contribution >= 0.6 is 0 Å². The highest BCUT2D eigenvalue weighted by Gasteiger charge is 2.14. The van der Waals surface area contributed by atoms with Gasteiger partial charge in [-0.2, -0.15) is 0 Å². The summed E-state index contributed by atoms with van der Waals surface area (Å²) in [6.07, 6.45) is 1.88. The van der Waals surface area contributed by atoms with Crippen LogP contribution in [0.5, 0.6) is 5.75 Å². The average molecular weight is 299 g/mol. The van der Waals surface area contributed by atoms with Crippen LogP contribution in [-0.4, -0.2) is 13.2 Å². The highest BCUT2D eigenvalue weighted by Crippen LogP contribution is 2.24. The van der Waals surface area contributed by atoms with Gasteiger partial charge in [0.05, 0.1) is 6.61 Å². The first kappa shape index (κ1) is 17.9. The second-order valence-electron chi connectivity index (χ2n) is 5.91. The summed E-state index contributed by atoms with van der Waals surface area (Å²) in [4.78, 5) is 0. The van der Waals surface area contributed by atoms with E-state index in [9.17, 15) is 8.78 Å². The molecule has 0 aliphatic heterocycles. The lowest BCUT2D eigenvalue weighted by Gasteiger charge is -2.15. The van der Waals surface area contributed by atoms with E-state index in [-0.39, 0.29) is 5.75 Å². The normalized spacial score (nSPS) is 11.4. The van der Waals surface area contributed by atoms with Gasteiger partial charge in [0.15, 0.2) is 17.4 Å². The van der Waals surface area contributed by atoms with Crippen molar-refractivity contribution >= 4 is 0 Å². The van der Waals surface area contributed by atoms with Gasteiger partial charge in [0.1, 0.15) is 0 Å². The molecule has 0 heterocycles. The molecule has 0 amide bonds. The first-order valence-corrected chi connectivity index (χ1v) is 7.79. The molecule has 0 aromatic heterocycles. The molecule has 1 aromatic rings. The van der Waals surface area contributed by atoms with E-state index in [4.69, 9.17) is 4.74 Å². The Kier molecular flexibility index (Phi) is 7.65. The molecular formula is C17H27F2NO. The lowest BCUT2D eigenvalue weighted by molar-refractivity contribution is 0.221. The molecule has 1 N–H and O–H groups in total. The molecule has 1 rings (SSSR count). The van der Waals surface area contributed by atoms with Gasteiger partial charge in [0.2, 0.25) is 0 Å². The predicted molar refractivity (Wildman–Crippen MR) is 82.5 cm³/mol. The van der Waals surface area contributed by atoms with E-state index in [1.54, 1.807) is 0 Å². The van der Waals surface area contributed by atoms with Gasteiger partial charge >= 0.3 is 0 Å². The smallest absolute Gasteiger partial charge is 0.190 e. The van der Waals surface area contributed by atoms with Gasteiger partial charge in [0.25, 0.3) is 0 Å². The molecule has 4 heteroatoms. The lowest BCUT2D eigenvalue weighted by atomic mass is 10.1. The minimum Gasteiger partial charge on any atom is -0.487 e. The zero-order valence-corrected chi connectivity index (χ0v) is 13.5. The van der Waals surface area contributed by atoms with E-state index in [0.29, 0.717) is 30.6 Å². The van der Waals surface area contributed by atoms with Crippen LogP contribution in [-0.2, 0) is 6.54 Å². The zero-order valence-electron chi connectivity index (χ0n) is 13.5. The Morgan fingerprint density at radius 3 is 2.14 bits per heavy atom. The van der Waals surface area contributed by atoms with Crippen LogP contribution in [0.15, 0.2) is 12.1 Å². The summed E-state index contributed by atoms with van der Waals surface area (Å²) < 4.78 is 33.3. The van der Waals surface area contributed by atoms with Crippen LogP contribution in [0.4, 0.5) is 8.78 Å². The zero-order chi connectivity index (χ0) is 15.8. The van der Waals surface area contributed by atoms with Crippen molar-refractivity contribution in [1.29, 1.82) is 0 Å². The van der Waals surface area contributed by atoms with Gasteiger partial charge in [-0.1, -0.05) is 40.5 Å². The van der Waals surface area contributed by atoms with Crippen molar-refractivity contribution in [2.24, 2.45) is 11.8 Å². The Hall–Kier alpha value is -1.16. The lowest BCUT2D eigenvalue weighted by Crippen LogP contribution is -2.19. The third kappa shape index (κ3) is 6.00. The molecule has 0 saturated carbocycles. The van der Waals surface area contributed by atoms with E-state index < -0.39 is 11.6 Å². The largest absolute Gasteiger partial charge is 0.487 e. The SMILES string of the molecule is CCC(CC)COc1c(F)cc(CNCC(C)C)cc1F. The van der Waals surface area contributed by atoms with Gasteiger partial charge < -0.3 is 10.1 Å². The summed E-state index contributed by atoms with van der Waals surface area (Å²) in [5.41, 5.74) is 0.598. The number of halogens is 2. The molecule has 0 atom stereocenters. The number of ether oxygens (including phenoxy) is 1. The van der Waals surface area contributed by atoms with E-state index in [2.05, 4.69) is 19.2 Å². The Labute approximate surface area is 126 Å². The van der Waals surface area contributed by atoms with Gasteiger partial charge in [-0.15, -0.1) is 0 Å². The van der Waals surface area contributed by atoms with Crippen LogP contribution in [0, 0.1) is 23.5 Å². The maximum Gasteiger partial charge on any atom is 0.190 e. The van der Waals surface area contributed by atoms with Crippen LogP contribution in [0.3, 0.4) is 0 Å². The molecule has 0 unspecified atom stereocenters. The minimum absolute atomic E-state index is 0.255. The van der Waals surface area contributed by atoms with Crippen LogP contribution in [0.1, 0.15) is 46.1 Å². The second-order valence-corrected chi connectivity index (χ2v) is 5.91. The fraction of sp³-hybridized carbons (Fsp3) is 0.647. The predicted octanol–water partition coefficient (Wildman–Crippen LogP) is 4.53. The Morgan fingerprint density at radius 2 is 1.67 bits per heavy atom. The van der Waals surface area contributed by atoms with E-state index in [1.807, 2.05) is 13.8 Å². The first-order valence-electron chi connectivity index (χ1n) is 7.79. The third-order valence-corrected chi connectivity index (χ3v) is 3.56. The molecule has 2 nitrogen and oxygen atoms in total. The highest BCUT2D eigenvalue weighted by molar-refractivity contribution is 5.31. The molecule has 21 heavy (non-hydrogen) atoms. The molecule has 0 bridgehead atoms. The van der Waals surface area contributed by atoms with Crippen molar-refractivity contribution < 1.29 is 13.5 Å². The summed E-state index contributed by atoms with van der Waals surface area (Å²) >= 11 is 0. The number of hydrogen-bond donors (Lipinski definition) is 1. The Morgan fingerprint density at radius 1 is 1.10 bits per heavy atom. The molecular weight excluding hydrogens is 272 g/mol. The van der Waals surface area contributed by atoms with E-state index >= 15 is 0 Å². The molecule has 0 spiro atoms. The molecule has 0 aliphatic rings. The van der Waals surface area contributed by atoms with E-state index in [0.717, 1.165) is 19.4 Å². The van der Waals surface area contributed by atoms with Gasteiger partial charge in [-0.3, -0.25) is 0 Å². The summed E-state index contributed by atoms with van der Waals surface area (Å²) in [5, 5.41) is 3.17. The monoisotopic (exact) mass is 299 g/mol. The van der Waals surface area contributed by atoms with Crippen molar-refractivity contribution in [3.63, 3.8) is 0 Å². The molecule has 0 aliphatic carbocycles. The highest BCUT2D eigenvalue weighted by atomic mass is 19.1.